The fourth-order valence-electron chi connectivity index (χ4n) is 2.12. The van der Waals surface area contributed by atoms with Crippen LogP contribution in [0.15, 0.2) is 18.2 Å². The van der Waals surface area contributed by atoms with E-state index in [-0.39, 0.29) is 11.7 Å². The van der Waals surface area contributed by atoms with Crippen LogP contribution in [0, 0.1) is 0 Å². The van der Waals surface area contributed by atoms with Crippen molar-refractivity contribution >= 4 is 17.4 Å². The Morgan fingerprint density at radius 1 is 1.25 bits per heavy atom. The van der Waals surface area contributed by atoms with Gasteiger partial charge >= 0.3 is 0 Å². The van der Waals surface area contributed by atoms with E-state index in [0.717, 1.165) is 30.6 Å². The van der Waals surface area contributed by atoms with Crippen molar-refractivity contribution in [3.63, 3.8) is 0 Å². The lowest BCUT2D eigenvalue weighted by Crippen LogP contribution is -2.33. The molecule has 0 saturated heterocycles. The molecule has 1 amide bonds. The van der Waals surface area contributed by atoms with Crippen molar-refractivity contribution in [1.82, 2.24) is 0 Å². The van der Waals surface area contributed by atoms with E-state index in [1.165, 1.54) is 0 Å². The van der Waals surface area contributed by atoms with Crippen LogP contribution in [0.3, 0.4) is 0 Å². The number of aryl methyl sites for hydroxylation is 1. The van der Waals surface area contributed by atoms with Crippen molar-refractivity contribution in [3.8, 4) is 0 Å². The first kappa shape index (κ1) is 10.9. The number of hydrogen-bond donors (Lipinski definition) is 0. The summed E-state index contributed by atoms with van der Waals surface area (Å²) in [7, 11) is 0. The summed E-state index contributed by atoms with van der Waals surface area (Å²) in [4.78, 5) is 24.5. The number of nitrogens with zero attached hydrogens (tertiary/aromatic N) is 1. The van der Waals surface area contributed by atoms with Crippen molar-refractivity contribution < 1.29 is 9.59 Å². The van der Waals surface area contributed by atoms with Crippen LogP contribution in [0.4, 0.5) is 5.69 Å². The molecule has 0 saturated carbocycles. The predicted molar refractivity (Wildman–Crippen MR) is 62.8 cm³/mol. The normalized spacial score (nSPS) is 14.5. The number of anilines is 1. The van der Waals surface area contributed by atoms with Gasteiger partial charge in [-0.1, -0.05) is 12.1 Å². The predicted octanol–water partition coefficient (Wildman–Crippen LogP) is 2.19. The topological polar surface area (TPSA) is 37.4 Å². The van der Waals surface area contributed by atoms with Gasteiger partial charge in [-0.2, -0.15) is 0 Å². The van der Waals surface area contributed by atoms with Gasteiger partial charge < -0.3 is 4.90 Å². The second-order valence-corrected chi connectivity index (χ2v) is 4.17. The maximum Gasteiger partial charge on any atom is 0.223 e. The molecule has 0 unspecified atom stereocenters. The first-order valence-corrected chi connectivity index (χ1v) is 5.51. The van der Waals surface area contributed by atoms with Crippen LogP contribution < -0.4 is 4.90 Å². The van der Waals surface area contributed by atoms with Crippen molar-refractivity contribution in [2.75, 3.05) is 11.4 Å². The molecule has 0 fully saturated rings. The molecule has 0 bridgehead atoms. The molecule has 0 atom stereocenters. The average Bonchev–Trinajstić information content (AvgIpc) is 2.27. The lowest BCUT2D eigenvalue weighted by atomic mass is 9.98. The van der Waals surface area contributed by atoms with E-state index in [1.54, 1.807) is 18.7 Å². The van der Waals surface area contributed by atoms with Gasteiger partial charge in [0.1, 0.15) is 0 Å². The number of Topliss-reactive ketones (excluding diaryl/α,β-unsaturated/α-hetero) is 1. The van der Waals surface area contributed by atoms with Gasteiger partial charge in [-0.3, -0.25) is 9.59 Å². The molecule has 1 heterocycles. The molecule has 2 rings (SSSR count). The fourth-order valence-corrected chi connectivity index (χ4v) is 2.12. The van der Waals surface area contributed by atoms with Gasteiger partial charge in [0.25, 0.3) is 0 Å². The molecule has 1 aliphatic heterocycles. The lowest BCUT2D eigenvalue weighted by molar-refractivity contribution is -0.116. The Kier molecular flexibility index (Phi) is 2.77. The maximum atomic E-state index is 11.5. The molecular weight excluding hydrogens is 202 g/mol. The van der Waals surface area contributed by atoms with Crippen LogP contribution in [0.5, 0.6) is 0 Å². The Morgan fingerprint density at radius 2 is 2.00 bits per heavy atom. The first-order valence-electron chi connectivity index (χ1n) is 5.51. The highest BCUT2D eigenvalue weighted by Gasteiger charge is 2.20. The number of fused-ring (bicyclic) bond motifs is 1. The number of amides is 1. The summed E-state index contributed by atoms with van der Waals surface area (Å²) >= 11 is 0. The molecule has 3 heteroatoms. The lowest BCUT2D eigenvalue weighted by Gasteiger charge is -2.28. The van der Waals surface area contributed by atoms with Gasteiger partial charge in [-0.05, 0) is 31.4 Å². The van der Waals surface area contributed by atoms with E-state index in [0.29, 0.717) is 5.56 Å². The third-order valence-corrected chi connectivity index (χ3v) is 2.99. The maximum absolute atomic E-state index is 11.5. The van der Waals surface area contributed by atoms with Crippen molar-refractivity contribution in [2.45, 2.75) is 26.7 Å². The molecule has 0 radical (unpaired) electrons. The minimum atomic E-state index is 0.0388. The van der Waals surface area contributed by atoms with Crippen LogP contribution in [0.25, 0.3) is 0 Å². The molecule has 16 heavy (non-hydrogen) atoms. The molecule has 0 spiro atoms. The van der Waals surface area contributed by atoms with Crippen LogP contribution in [0.1, 0.15) is 36.2 Å². The minimum Gasteiger partial charge on any atom is -0.312 e. The number of hydrogen-bond acceptors (Lipinski definition) is 2. The third-order valence-electron chi connectivity index (χ3n) is 2.99. The highest BCUT2D eigenvalue weighted by molar-refractivity contribution is 5.98. The van der Waals surface area contributed by atoms with E-state index in [9.17, 15) is 9.59 Å². The molecule has 1 aromatic rings. The molecule has 1 aromatic carbocycles. The number of ketones is 1. The third kappa shape index (κ3) is 1.85. The largest absolute Gasteiger partial charge is 0.312 e. The Balaban J connectivity index is 2.48. The Bertz CT molecular complexity index is 451. The zero-order valence-corrected chi connectivity index (χ0v) is 9.62. The summed E-state index contributed by atoms with van der Waals surface area (Å²) < 4.78 is 0. The van der Waals surface area contributed by atoms with Crippen molar-refractivity contribution in [2.24, 2.45) is 0 Å². The number of rotatable bonds is 1. The van der Waals surface area contributed by atoms with Gasteiger partial charge in [0.05, 0.1) is 0 Å². The molecule has 0 N–H and O–H groups in total. The zero-order chi connectivity index (χ0) is 11.7. The van der Waals surface area contributed by atoms with Gasteiger partial charge in [0.15, 0.2) is 5.78 Å². The summed E-state index contributed by atoms with van der Waals surface area (Å²) in [5.41, 5.74) is 2.74. The second kappa shape index (κ2) is 4.08. The average molecular weight is 217 g/mol. The van der Waals surface area contributed by atoms with Crippen LogP contribution >= 0.6 is 0 Å². The van der Waals surface area contributed by atoms with Gasteiger partial charge in [-0.15, -0.1) is 0 Å². The van der Waals surface area contributed by atoms with Crippen LogP contribution in [-0.2, 0) is 11.2 Å². The van der Waals surface area contributed by atoms with E-state index in [4.69, 9.17) is 0 Å². The summed E-state index contributed by atoms with van der Waals surface area (Å²) in [6, 6.07) is 5.63. The van der Waals surface area contributed by atoms with E-state index in [1.807, 2.05) is 18.2 Å². The molecule has 84 valence electrons. The van der Waals surface area contributed by atoms with Gasteiger partial charge in [0, 0.05) is 24.7 Å². The van der Waals surface area contributed by atoms with Crippen LogP contribution in [0.2, 0.25) is 0 Å². The molecule has 0 aromatic heterocycles. The summed E-state index contributed by atoms with van der Waals surface area (Å²) in [5, 5.41) is 0. The number of benzene rings is 1. The summed E-state index contributed by atoms with van der Waals surface area (Å²) in [6.45, 7) is 3.86. The van der Waals surface area contributed by atoms with E-state index < -0.39 is 0 Å². The first-order chi connectivity index (χ1) is 7.59. The highest BCUT2D eigenvalue weighted by atomic mass is 16.2. The summed E-state index contributed by atoms with van der Waals surface area (Å²) in [6.07, 6.45) is 1.98. The standard InChI is InChI=1S/C13H15NO2/c1-9(15)12-6-5-11-4-3-7-14(10(2)16)13(11)8-12/h5-6,8H,3-4,7H2,1-2H3. The van der Waals surface area contributed by atoms with Crippen LogP contribution in [-0.4, -0.2) is 18.2 Å². The molecular formula is C13H15NO2. The minimum absolute atomic E-state index is 0.0388. The quantitative estimate of drug-likeness (QED) is 0.676. The smallest absolute Gasteiger partial charge is 0.223 e. The highest BCUT2D eigenvalue weighted by Crippen LogP contribution is 2.28. The number of carbonyl (C=O) groups excluding carboxylic acids is 2. The Morgan fingerprint density at radius 3 is 2.62 bits per heavy atom. The second-order valence-electron chi connectivity index (χ2n) is 4.17. The summed E-state index contributed by atoms with van der Waals surface area (Å²) in [5.74, 6) is 0.0820. The zero-order valence-electron chi connectivity index (χ0n) is 9.62. The SMILES string of the molecule is CC(=O)c1ccc2c(c1)N(C(C)=O)CCC2. The molecule has 0 aliphatic carbocycles. The Labute approximate surface area is 95.1 Å². The van der Waals surface area contributed by atoms with Crippen molar-refractivity contribution in [1.29, 1.82) is 0 Å². The number of carbonyl (C=O) groups is 2. The van der Waals surface area contributed by atoms with E-state index >= 15 is 0 Å². The fraction of sp³-hybridized carbons (Fsp3) is 0.385. The monoisotopic (exact) mass is 217 g/mol. The van der Waals surface area contributed by atoms with Gasteiger partial charge in [0.2, 0.25) is 5.91 Å². The van der Waals surface area contributed by atoms with E-state index in [2.05, 4.69) is 0 Å². The van der Waals surface area contributed by atoms with Crippen molar-refractivity contribution in [3.05, 3.63) is 29.3 Å². The Hall–Kier alpha value is -1.64. The molecule has 1 aliphatic rings. The van der Waals surface area contributed by atoms with Gasteiger partial charge in [-0.25, -0.2) is 0 Å². The molecule has 3 nitrogen and oxygen atoms in total.